The third kappa shape index (κ3) is 6.78. The first-order valence-corrected chi connectivity index (χ1v) is 7.21. The SMILES string of the molecule is Cc1c(CNC(=O)NCCCCCCC(=O)O)cnn1C. The van der Waals surface area contributed by atoms with E-state index in [1.807, 2.05) is 14.0 Å². The van der Waals surface area contributed by atoms with Gasteiger partial charge in [0.05, 0.1) is 6.20 Å². The minimum absolute atomic E-state index is 0.191. The molecule has 0 saturated carbocycles. The molecule has 0 atom stereocenters. The van der Waals surface area contributed by atoms with E-state index in [0.717, 1.165) is 30.5 Å². The van der Waals surface area contributed by atoms with Crippen LogP contribution in [0.3, 0.4) is 0 Å². The van der Waals surface area contributed by atoms with Crippen LogP contribution in [0.25, 0.3) is 0 Å². The standard InChI is InChI=1S/C14H24N4O3/c1-11-12(10-17-18(11)2)9-16-14(21)15-8-6-4-3-5-7-13(19)20/h10H,3-9H2,1-2H3,(H,19,20)(H2,15,16,21). The Morgan fingerprint density at radius 2 is 1.95 bits per heavy atom. The number of aliphatic carboxylic acids is 1. The van der Waals surface area contributed by atoms with Crippen molar-refractivity contribution in [3.05, 3.63) is 17.5 Å². The molecule has 0 aliphatic rings. The normalized spacial score (nSPS) is 10.4. The maximum absolute atomic E-state index is 11.6. The minimum atomic E-state index is -0.752. The number of aryl methyl sites for hydroxylation is 1. The van der Waals surface area contributed by atoms with E-state index in [-0.39, 0.29) is 12.5 Å². The van der Waals surface area contributed by atoms with Crippen molar-refractivity contribution in [2.75, 3.05) is 6.54 Å². The Hall–Kier alpha value is -2.05. The molecule has 1 rings (SSSR count). The van der Waals surface area contributed by atoms with Crippen LogP contribution in [0.1, 0.15) is 43.4 Å². The molecule has 1 aromatic rings. The summed E-state index contributed by atoms with van der Waals surface area (Å²) >= 11 is 0. The highest BCUT2D eigenvalue weighted by Crippen LogP contribution is 2.04. The Labute approximate surface area is 124 Å². The van der Waals surface area contributed by atoms with Crippen molar-refractivity contribution in [2.45, 2.75) is 45.6 Å². The Kier molecular flexibility index (Phi) is 7.28. The van der Waals surface area contributed by atoms with Gasteiger partial charge in [0, 0.05) is 37.8 Å². The first kappa shape index (κ1) is 17.0. The lowest BCUT2D eigenvalue weighted by Crippen LogP contribution is -2.35. The molecule has 0 aliphatic carbocycles. The Bertz CT molecular complexity index is 471. The highest BCUT2D eigenvalue weighted by atomic mass is 16.4. The fourth-order valence-electron chi connectivity index (χ4n) is 1.91. The molecule has 0 aromatic carbocycles. The van der Waals surface area contributed by atoms with Gasteiger partial charge in [-0.25, -0.2) is 4.79 Å². The predicted molar refractivity (Wildman–Crippen MR) is 78.9 cm³/mol. The van der Waals surface area contributed by atoms with E-state index in [9.17, 15) is 9.59 Å². The lowest BCUT2D eigenvalue weighted by atomic mass is 10.1. The smallest absolute Gasteiger partial charge is 0.315 e. The fourth-order valence-corrected chi connectivity index (χ4v) is 1.91. The van der Waals surface area contributed by atoms with Gasteiger partial charge in [-0.1, -0.05) is 12.8 Å². The number of rotatable bonds is 9. The van der Waals surface area contributed by atoms with Crippen molar-refractivity contribution < 1.29 is 14.7 Å². The average molecular weight is 296 g/mol. The van der Waals surface area contributed by atoms with Crippen molar-refractivity contribution >= 4 is 12.0 Å². The van der Waals surface area contributed by atoms with Crippen LogP contribution < -0.4 is 10.6 Å². The molecule has 118 valence electrons. The average Bonchev–Trinajstić information content (AvgIpc) is 2.75. The first-order valence-electron chi connectivity index (χ1n) is 7.21. The molecule has 0 bridgehead atoms. The second-order valence-corrected chi connectivity index (χ2v) is 5.05. The van der Waals surface area contributed by atoms with Crippen molar-refractivity contribution in [1.82, 2.24) is 20.4 Å². The molecular weight excluding hydrogens is 272 g/mol. The topological polar surface area (TPSA) is 96.2 Å². The quantitative estimate of drug-likeness (QED) is 0.603. The number of hydrogen-bond acceptors (Lipinski definition) is 3. The number of hydrogen-bond donors (Lipinski definition) is 3. The van der Waals surface area contributed by atoms with Gasteiger partial charge in [-0.05, 0) is 19.8 Å². The van der Waals surface area contributed by atoms with E-state index >= 15 is 0 Å². The van der Waals surface area contributed by atoms with Gasteiger partial charge in [-0.3, -0.25) is 9.48 Å². The molecule has 2 amide bonds. The molecular formula is C14H24N4O3. The van der Waals surface area contributed by atoms with Crippen molar-refractivity contribution in [3.63, 3.8) is 0 Å². The number of carboxylic acid groups (broad SMARTS) is 1. The zero-order valence-corrected chi connectivity index (χ0v) is 12.7. The zero-order valence-electron chi connectivity index (χ0n) is 12.7. The third-order valence-electron chi connectivity index (χ3n) is 3.38. The number of unbranched alkanes of at least 4 members (excludes halogenated alkanes) is 3. The van der Waals surface area contributed by atoms with Crippen LogP contribution in [-0.2, 0) is 18.4 Å². The molecule has 7 nitrogen and oxygen atoms in total. The predicted octanol–water partition coefficient (Wildman–Crippen LogP) is 1.56. The second kappa shape index (κ2) is 8.99. The van der Waals surface area contributed by atoms with Crippen LogP contribution in [0.4, 0.5) is 4.79 Å². The minimum Gasteiger partial charge on any atom is -0.481 e. The highest BCUT2D eigenvalue weighted by Gasteiger charge is 2.05. The number of amides is 2. The monoisotopic (exact) mass is 296 g/mol. The largest absolute Gasteiger partial charge is 0.481 e. The third-order valence-corrected chi connectivity index (χ3v) is 3.38. The molecule has 3 N–H and O–H groups in total. The second-order valence-electron chi connectivity index (χ2n) is 5.05. The van der Waals surface area contributed by atoms with Gasteiger partial charge < -0.3 is 15.7 Å². The van der Waals surface area contributed by atoms with Crippen molar-refractivity contribution in [3.8, 4) is 0 Å². The summed E-state index contributed by atoms with van der Waals surface area (Å²) in [5.74, 6) is -0.752. The highest BCUT2D eigenvalue weighted by molar-refractivity contribution is 5.73. The van der Waals surface area contributed by atoms with Crippen LogP contribution in [0.5, 0.6) is 0 Å². The first-order chi connectivity index (χ1) is 10.0. The number of nitrogens with zero attached hydrogens (tertiary/aromatic N) is 2. The van der Waals surface area contributed by atoms with E-state index in [0.29, 0.717) is 19.5 Å². The van der Waals surface area contributed by atoms with E-state index in [2.05, 4.69) is 15.7 Å². The van der Waals surface area contributed by atoms with Gasteiger partial charge in [0.25, 0.3) is 0 Å². The Morgan fingerprint density at radius 1 is 1.24 bits per heavy atom. The number of carbonyl (C=O) groups is 2. The summed E-state index contributed by atoms with van der Waals surface area (Å²) < 4.78 is 1.77. The van der Waals surface area contributed by atoms with Gasteiger partial charge in [0.1, 0.15) is 0 Å². The number of aromatic nitrogens is 2. The van der Waals surface area contributed by atoms with Gasteiger partial charge in [-0.15, -0.1) is 0 Å². The van der Waals surface area contributed by atoms with Crippen LogP contribution >= 0.6 is 0 Å². The Balaban J connectivity index is 2.04. The molecule has 21 heavy (non-hydrogen) atoms. The molecule has 1 heterocycles. The summed E-state index contributed by atoms with van der Waals surface area (Å²) in [5.41, 5.74) is 2.04. The zero-order chi connectivity index (χ0) is 15.7. The van der Waals surface area contributed by atoms with Gasteiger partial charge in [0.2, 0.25) is 0 Å². The maximum atomic E-state index is 11.6. The van der Waals surface area contributed by atoms with Crippen LogP contribution in [0.2, 0.25) is 0 Å². The van der Waals surface area contributed by atoms with E-state index in [1.54, 1.807) is 10.9 Å². The Morgan fingerprint density at radius 3 is 2.57 bits per heavy atom. The molecule has 1 aromatic heterocycles. The van der Waals surface area contributed by atoms with Crippen LogP contribution in [0, 0.1) is 6.92 Å². The van der Waals surface area contributed by atoms with Crippen LogP contribution in [0.15, 0.2) is 6.20 Å². The maximum Gasteiger partial charge on any atom is 0.315 e. The number of carboxylic acids is 1. The van der Waals surface area contributed by atoms with Gasteiger partial charge >= 0.3 is 12.0 Å². The molecule has 0 saturated heterocycles. The van der Waals surface area contributed by atoms with E-state index in [1.165, 1.54) is 0 Å². The van der Waals surface area contributed by atoms with E-state index < -0.39 is 5.97 Å². The lowest BCUT2D eigenvalue weighted by Gasteiger charge is -2.07. The summed E-state index contributed by atoms with van der Waals surface area (Å²) in [5, 5.41) is 18.2. The summed E-state index contributed by atoms with van der Waals surface area (Å²) in [6.07, 6.45) is 5.33. The van der Waals surface area contributed by atoms with E-state index in [4.69, 9.17) is 5.11 Å². The summed E-state index contributed by atoms with van der Waals surface area (Å²) in [7, 11) is 1.86. The van der Waals surface area contributed by atoms with Crippen molar-refractivity contribution in [2.24, 2.45) is 7.05 Å². The molecule has 0 radical (unpaired) electrons. The molecule has 0 spiro atoms. The number of nitrogens with one attached hydrogen (secondary N) is 2. The molecule has 7 heteroatoms. The van der Waals surface area contributed by atoms with Gasteiger partial charge in [-0.2, -0.15) is 5.10 Å². The van der Waals surface area contributed by atoms with Crippen LogP contribution in [-0.4, -0.2) is 33.4 Å². The summed E-state index contributed by atoms with van der Waals surface area (Å²) in [6.45, 7) is 3.02. The molecule has 0 unspecified atom stereocenters. The number of carbonyl (C=O) groups excluding carboxylic acids is 1. The number of urea groups is 1. The summed E-state index contributed by atoms with van der Waals surface area (Å²) in [4.78, 5) is 21.9. The van der Waals surface area contributed by atoms with Crippen molar-refractivity contribution in [1.29, 1.82) is 0 Å². The molecule has 0 fully saturated rings. The summed E-state index contributed by atoms with van der Waals surface area (Å²) in [6, 6.07) is -0.191. The van der Waals surface area contributed by atoms with Gasteiger partial charge in [0.15, 0.2) is 0 Å². The lowest BCUT2D eigenvalue weighted by molar-refractivity contribution is -0.137. The molecule has 0 aliphatic heterocycles. The fraction of sp³-hybridized carbons (Fsp3) is 0.643.